The van der Waals surface area contributed by atoms with Gasteiger partial charge < -0.3 is 14.1 Å². The minimum atomic E-state index is -0.0240. The van der Waals surface area contributed by atoms with Gasteiger partial charge in [0.1, 0.15) is 0 Å². The van der Waals surface area contributed by atoms with Crippen LogP contribution in [0, 0.1) is 0 Å². The fourth-order valence-electron chi connectivity index (χ4n) is 1.96. The molecule has 114 valence electrons. The third kappa shape index (κ3) is 3.19. The SMILES string of the molecule is Cn1c(CO)cnc1SCc1ncc(-c2ccc(Cl)cc2)o1. The zero-order chi connectivity index (χ0) is 15.5. The van der Waals surface area contributed by atoms with Crippen molar-refractivity contribution in [3.63, 3.8) is 0 Å². The Kier molecular flexibility index (Phi) is 4.52. The van der Waals surface area contributed by atoms with Gasteiger partial charge in [-0.15, -0.1) is 0 Å². The molecule has 2 aromatic heterocycles. The molecular weight excluding hydrogens is 322 g/mol. The van der Waals surface area contributed by atoms with Crippen LogP contribution in [0.1, 0.15) is 11.6 Å². The fourth-order valence-corrected chi connectivity index (χ4v) is 2.91. The molecule has 3 aromatic rings. The molecule has 5 nitrogen and oxygen atoms in total. The number of hydrogen-bond acceptors (Lipinski definition) is 5. The predicted molar refractivity (Wildman–Crippen MR) is 85.6 cm³/mol. The van der Waals surface area contributed by atoms with Crippen LogP contribution in [0.15, 0.2) is 46.2 Å². The zero-order valence-corrected chi connectivity index (χ0v) is 13.4. The minimum absolute atomic E-state index is 0.0240. The van der Waals surface area contributed by atoms with E-state index in [0.29, 0.717) is 22.4 Å². The fraction of sp³-hybridized carbons (Fsp3) is 0.200. The van der Waals surface area contributed by atoms with E-state index in [1.165, 1.54) is 11.8 Å². The maximum Gasteiger partial charge on any atom is 0.205 e. The molecule has 0 spiro atoms. The van der Waals surface area contributed by atoms with Gasteiger partial charge in [0, 0.05) is 17.6 Å². The Morgan fingerprint density at radius 3 is 2.68 bits per heavy atom. The maximum atomic E-state index is 9.16. The Labute approximate surface area is 137 Å². The first-order valence-electron chi connectivity index (χ1n) is 6.62. The molecule has 0 atom stereocenters. The second-order valence-electron chi connectivity index (χ2n) is 4.66. The predicted octanol–water partition coefficient (Wildman–Crippen LogP) is 3.51. The molecular formula is C15H14ClN3O2S. The van der Waals surface area contributed by atoms with Crippen LogP contribution >= 0.6 is 23.4 Å². The number of oxazole rings is 1. The number of aromatic nitrogens is 3. The summed E-state index contributed by atoms with van der Waals surface area (Å²) < 4.78 is 7.60. The van der Waals surface area contributed by atoms with Crippen LogP contribution < -0.4 is 0 Å². The number of benzene rings is 1. The lowest BCUT2D eigenvalue weighted by molar-refractivity contribution is 0.271. The number of hydrogen-bond donors (Lipinski definition) is 1. The van der Waals surface area contributed by atoms with Crippen LogP contribution in [-0.2, 0) is 19.4 Å². The van der Waals surface area contributed by atoms with Crippen LogP contribution in [-0.4, -0.2) is 19.6 Å². The lowest BCUT2D eigenvalue weighted by Crippen LogP contribution is -1.97. The monoisotopic (exact) mass is 335 g/mol. The van der Waals surface area contributed by atoms with Crippen molar-refractivity contribution >= 4 is 23.4 Å². The van der Waals surface area contributed by atoms with Crippen molar-refractivity contribution in [3.05, 3.63) is 53.3 Å². The number of imidazole rings is 1. The van der Waals surface area contributed by atoms with Gasteiger partial charge in [0.05, 0.1) is 30.4 Å². The number of rotatable bonds is 5. The smallest absolute Gasteiger partial charge is 0.205 e. The molecule has 7 heteroatoms. The number of halogens is 1. The Morgan fingerprint density at radius 1 is 1.23 bits per heavy atom. The van der Waals surface area contributed by atoms with Gasteiger partial charge in [0.25, 0.3) is 0 Å². The summed E-state index contributed by atoms with van der Waals surface area (Å²) in [5.74, 6) is 1.91. The van der Waals surface area contributed by atoms with Crippen molar-refractivity contribution in [2.75, 3.05) is 0 Å². The highest BCUT2D eigenvalue weighted by Gasteiger charge is 2.10. The van der Waals surface area contributed by atoms with Gasteiger partial charge in [0.2, 0.25) is 5.89 Å². The molecule has 0 unspecified atom stereocenters. The Bertz CT molecular complexity index is 767. The Balaban J connectivity index is 1.69. The van der Waals surface area contributed by atoms with E-state index >= 15 is 0 Å². The standard InChI is InChI=1S/C15H14ClN3O2S/c1-19-12(8-20)6-18-15(19)22-9-14-17-7-13(21-14)10-2-4-11(16)5-3-10/h2-7,20H,8-9H2,1H3. The Morgan fingerprint density at radius 2 is 2.00 bits per heavy atom. The summed E-state index contributed by atoms with van der Waals surface area (Å²) in [6, 6.07) is 7.42. The summed E-state index contributed by atoms with van der Waals surface area (Å²) in [7, 11) is 1.87. The van der Waals surface area contributed by atoms with Gasteiger partial charge in [-0.1, -0.05) is 23.4 Å². The molecule has 0 bridgehead atoms. The Hall–Kier alpha value is -1.76. The third-order valence-corrected chi connectivity index (χ3v) is 4.49. The third-order valence-electron chi connectivity index (χ3n) is 3.21. The lowest BCUT2D eigenvalue weighted by Gasteiger charge is -2.02. The van der Waals surface area contributed by atoms with Gasteiger partial charge in [-0.3, -0.25) is 0 Å². The molecule has 22 heavy (non-hydrogen) atoms. The maximum absolute atomic E-state index is 9.16. The van der Waals surface area contributed by atoms with Crippen LogP contribution in [0.4, 0.5) is 0 Å². The van der Waals surface area contributed by atoms with Crippen molar-refractivity contribution < 1.29 is 9.52 Å². The summed E-state index contributed by atoms with van der Waals surface area (Å²) in [5, 5.41) is 10.7. The molecule has 1 aromatic carbocycles. The topological polar surface area (TPSA) is 64.1 Å². The summed E-state index contributed by atoms with van der Waals surface area (Å²) in [6.07, 6.45) is 3.37. The second-order valence-corrected chi connectivity index (χ2v) is 6.04. The van der Waals surface area contributed by atoms with E-state index in [0.717, 1.165) is 16.4 Å². The van der Waals surface area contributed by atoms with E-state index in [4.69, 9.17) is 21.1 Å². The molecule has 2 heterocycles. The summed E-state index contributed by atoms with van der Waals surface area (Å²) in [5.41, 5.74) is 1.71. The molecule has 0 fully saturated rings. The summed E-state index contributed by atoms with van der Waals surface area (Å²) in [4.78, 5) is 8.54. The van der Waals surface area contributed by atoms with Gasteiger partial charge in [0.15, 0.2) is 10.9 Å². The van der Waals surface area contributed by atoms with E-state index < -0.39 is 0 Å². The summed E-state index contributed by atoms with van der Waals surface area (Å²) in [6.45, 7) is -0.0240. The van der Waals surface area contributed by atoms with Crippen LogP contribution in [0.25, 0.3) is 11.3 Å². The number of thioether (sulfide) groups is 1. The van der Waals surface area contributed by atoms with Gasteiger partial charge >= 0.3 is 0 Å². The summed E-state index contributed by atoms with van der Waals surface area (Å²) >= 11 is 7.38. The number of nitrogens with zero attached hydrogens (tertiary/aromatic N) is 3. The molecule has 0 amide bonds. The average Bonchev–Trinajstić information content (AvgIpc) is 3.13. The molecule has 0 aliphatic rings. The normalized spacial score (nSPS) is 11.0. The van der Waals surface area contributed by atoms with Crippen LogP contribution in [0.5, 0.6) is 0 Å². The van der Waals surface area contributed by atoms with E-state index in [9.17, 15) is 0 Å². The van der Waals surface area contributed by atoms with Crippen molar-refractivity contribution in [3.8, 4) is 11.3 Å². The number of aliphatic hydroxyl groups excluding tert-OH is 1. The first-order chi connectivity index (χ1) is 10.7. The van der Waals surface area contributed by atoms with Gasteiger partial charge in [-0.25, -0.2) is 9.97 Å². The van der Waals surface area contributed by atoms with Gasteiger partial charge in [-0.05, 0) is 24.3 Å². The first-order valence-corrected chi connectivity index (χ1v) is 7.98. The molecule has 0 saturated heterocycles. The van der Waals surface area contributed by atoms with Crippen molar-refractivity contribution in [2.24, 2.45) is 7.05 Å². The highest BCUT2D eigenvalue weighted by molar-refractivity contribution is 7.98. The molecule has 0 aliphatic carbocycles. The molecule has 0 saturated carbocycles. The van der Waals surface area contributed by atoms with Crippen molar-refractivity contribution in [2.45, 2.75) is 17.5 Å². The number of aliphatic hydroxyl groups is 1. The van der Waals surface area contributed by atoms with Crippen molar-refractivity contribution in [1.29, 1.82) is 0 Å². The molecule has 0 aliphatic heterocycles. The van der Waals surface area contributed by atoms with Crippen LogP contribution in [0.3, 0.4) is 0 Å². The molecule has 0 radical (unpaired) electrons. The van der Waals surface area contributed by atoms with E-state index in [-0.39, 0.29) is 6.61 Å². The second kappa shape index (κ2) is 6.56. The van der Waals surface area contributed by atoms with Crippen molar-refractivity contribution in [1.82, 2.24) is 14.5 Å². The molecule has 3 rings (SSSR count). The quantitative estimate of drug-likeness (QED) is 0.723. The average molecular weight is 336 g/mol. The van der Waals surface area contributed by atoms with Gasteiger partial charge in [-0.2, -0.15) is 0 Å². The minimum Gasteiger partial charge on any atom is -0.440 e. The highest BCUT2D eigenvalue weighted by atomic mass is 35.5. The first kappa shape index (κ1) is 15.1. The van der Waals surface area contributed by atoms with E-state index in [1.54, 1.807) is 12.4 Å². The highest BCUT2D eigenvalue weighted by Crippen LogP contribution is 2.26. The zero-order valence-electron chi connectivity index (χ0n) is 11.9. The van der Waals surface area contributed by atoms with E-state index in [1.807, 2.05) is 35.9 Å². The lowest BCUT2D eigenvalue weighted by atomic mass is 10.2. The van der Waals surface area contributed by atoms with E-state index in [2.05, 4.69) is 9.97 Å². The van der Waals surface area contributed by atoms with Crippen LogP contribution in [0.2, 0.25) is 5.02 Å². The largest absolute Gasteiger partial charge is 0.440 e. The molecule has 1 N–H and O–H groups in total.